The van der Waals surface area contributed by atoms with E-state index >= 15 is 0 Å². The molecule has 11 rings (SSSR count). The maximum atomic E-state index is 2.39. The smallest absolute Gasteiger partial charge is 0.0619 e. The molecule has 8 aromatic carbocycles. The molecule has 0 heteroatoms. The molecule has 3 aliphatic rings. The number of fused-ring (bicyclic) bond motifs is 15. The summed E-state index contributed by atoms with van der Waals surface area (Å²) in [6.07, 6.45) is 0. The van der Waals surface area contributed by atoms with Gasteiger partial charge < -0.3 is 0 Å². The molecule has 0 aromatic heterocycles. The van der Waals surface area contributed by atoms with Gasteiger partial charge >= 0.3 is 0 Å². The number of hydrogen-bond acceptors (Lipinski definition) is 0. The van der Waals surface area contributed by atoms with Crippen LogP contribution in [0.1, 0.15) is 22.3 Å². The zero-order valence-electron chi connectivity index (χ0n) is 24.5. The highest BCUT2D eigenvalue weighted by Gasteiger charge is 2.52. The third-order valence-corrected chi connectivity index (χ3v) is 10.8. The largest absolute Gasteiger partial charge is 0.0725 e. The predicted octanol–water partition coefficient (Wildman–Crippen LogP) is 11.7. The van der Waals surface area contributed by atoms with Crippen molar-refractivity contribution in [1.29, 1.82) is 0 Å². The van der Waals surface area contributed by atoms with E-state index in [1.807, 2.05) is 0 Å². The topological polar surface area (TPSA) is 0 Å². The van der Waals surface area contributed by atoms with Crippen LogP contribution in [0.25, 0.3) is 77.2 Å². The van der Waals surface area contributed by atoms with Gasteiger partial charge in [0.1, 0.15) is 0 Å². The van der Waals surface area contributed by atoms with Gasteiger partial charge in [0.15, 0.2) is 0 Å². The van der Waals surface area contributed by atoms with E-state index in [-0.39, 0.29) is 5.41 Å². The Morgan fingerprint density at radius 1 is 0.267 bits per heavy atom. The Bertz CT molecular complexity index is 2550. The minimum Gasteiger partial charge on any atom is -0.0619 e. The average Bonchev–Trinajstić information content (AvgIpc) is 3.72. The summed E-state index contributed by atoms with van der Waals surface area (Å²) in [7, 11) is 0. The molecule has 0 heterocycles. The van der Waals surface area contributed by atoms with Gasteiger partial charge in [0.25, 0.3) is 0 Å². The van der Waals surface area contributed by atoms with Crippen LogP contribution in [0.4, 0.5) is 0 Å². The summed E-state index contributed by atoms with van der Waals surface area (Å²) in [6, 6.07) is 59.3. The maximum absolute atomic E-state index is 2.39. The lowest BCUT2D eigenvalue weighted by molar-refractivity contribution is 0.794. The quantitative estimate of drug-likeness (QED) is 0.185. The van der Waals surface area contributed by atoms with E-state index in [0.29, 0.717) is 0 Å². The molecule has 8 aromatic rings. The number of rotatable bonds is 1. The fourth-order valence-electron chi connectivity index (χ4n) is 9.23. The standard InChI is InChI=1S/C45H26/c1-2-12-28-27(11-1)23-24-35-34-17-9-16-32-29(25-26-37(42(28)35)43(32)34)33-18-10-22-41-44(33)36-15-5-8-21-40(36)45(41)38-19-6-3-13-30(38)31-14-4-7-20-39(31)45/h1-26H. The van der Waals surface area contributed by atoms with Gasteiger partial charge in [-0.15, -0.1) is 0 Å². The van der Waals surface area contributed by atoms with E-state index in [9.17, 15) is 0 Å². The van der Waals surface area contributed by atoms with E-state index in [1.165, 1.54) is 99.4 Å². The van der Waals surface area contributed by atoms with Crippen molar-refractivity contribution < 1.29 is 0 Å². The van der Waals surface area contributed by atoms with Crippen LogP contribution >= 0.6 is 0 Å². The van der Waals surface area contributed by atoms with Gasteiger partial charge in [0.2, 0.25) is 0 Å². The van der Waals surface area contributed by atoms with Crippen molar-refractivity contribution in [3.63, 3.8) is 0 Å². The second-order valence-corrected chi connectivity index (χ2v) is 12.7. The molecule has 0 amide bonds. The van der Waals surface area contributed by atoms with Crippen LogP contribution in [-0.4, -0.2) is 0 Å². The molecular weight excluding hydrogens is 540 g/mol. The van der Waals surface area contributed by atoms with Gasteiger partial charge in [-0.3, -0.25) is 0 Å². The Hall–Kier alpha value is -5.72. The summed E-state index contributed by atoms with van der Waals surface area (Å²) in [4.78, 5) is 0. The number of hydrogen-bond donors (Lipinski definition) is 0. The molecule has 45 heavy (non-hydrogen) atoms. The lowest BCUT2D eigenvalue weighted by atomic mass is 9.70. The van der Waals surface area contributed by atoms with Gasteiger partial charge in [0, 0.05) is 0 Å². The Labute approximate surface area is 261 Å². The van der Waals surface area contributed by atoms with Crippen molar-refractivity contribution in [2.24, 2.45) is 0 Å². The Morgan fingerprint density at radius 3 is 1.58 bits per heavy atom. The molecule has 0 fully saturated rings. The first-order chi connectivity index (χ1) is 22.4. The van der Waals surface area contributed by atoms with E-state index in [4.69, 9.17) is 0 Å². The molecular formula is C45H26. The van der Waals surface area contributed by atoms with Gasteiger partial charge in [-0.05, 0) is 99.4 Å². The SMILES string of the molecule is c1ccc2c(c1)-c1ccccc1C21c2ccccc2-c2c(-c3ccc4c5c(cccc35)-c3ccc5ccccc5c3-4)cccc21. The van der Waals surface area contributed by atoms with Crippen LogP contribution in [0, 0.1) is 0 Å². The van der Waals surface area contributed by atoms with Crippen LogP contribution in [-0.2, 0) is 5.41 Å². The van der Waals surface area contributed by atoms with Gasteiger partial charge in [-0.1, -0.05) is 158 Å². The molecule has 0 radical (unpaired) electrons. The first kappa shape index (κ1) is 23.7. The molecule has 0 unspecified atom stereocenters. The zero-order chi connectivity index (χ0) is 29.3. The Kier molecular flexibility index (Phi) is 4.35. The van der Waals surface area contributed by atoms with Crippen LogP contribution in [0.15, 0.2) is 158 Å². The zero-order valence-corrected chi connectivity index (χ0v) is 24.5. The molecule has 1 spiro atoms. The summed E-state index contributed by atoms with van der Waals surface area (Å²) in [6.45, 7) is 0. The molecule has 0 N–H and O–H groups in total. The van der Waals surface area contributed by atoms with Crippen molar-refractivity contribution in [2.75, 3.05) is 0 Å². The fraction of sp³-hybridized carbons (Fsp3) is 0.0222. The molecule has 0 saturated carbocycles. The van der Waals surface area contributed by atoms with Crippen molar-refractivity contribution in [3.8, 4) is 55.6 Å². The van der Waals surface area contributed by atoms with Crippen LogP contribution in [0.5, 0.6) is 0 Å². The van der Waals surface area contributed by atoms with Crippen molar-refractivity contribution in [3.05, 3.63) is 180 Å². The highest BCUT2D eigenvalue weighted by molar-refractivity contribution is 6.24. The number of benzene rings is 8. The molecule has 0 atom stereocenters. The van der Waals surface area contributed by atoms with Crippen molar-refractivity contribution in [1.82, 2.24) is 0 Å². The third-order valence-electron chi connectivity index (χ3n) is 10.8. The summed E-state index contributed by atoms with van der Waals surface area (Å²) in [5, 5.41) is 5.32. The van der Waals surface area contributed by atoms with Gasteiger partial charge in [0.05, 0.1) is 5.41 Å². The minimum absolute atomic E-state index is 0.334. The monoisotopic (exact) mass is 566 g/mol. The Balaban J connectivity index is 1.24. The first-order valence-corrected chi connectivity index (χ1v) is 15.9. The minimum atomic E-state index is -0.334. The second kappa shape index (κ2) is 8.25. The molecule has 0 saturated heterocycles. The fourth-order valence-corrected chi connectivity index (χ4v) is 9.23. The highest BCUT2D eigenvalue weighted by atomic mass is 14.5. The first-order valence-electron chi connectivity index (χ1n) is 15.9. The lowest BCUT2D eigenvalue weighted by Crippen LogP contribution is -2.25. The van der Waals surface area contributed by atoms with Crippen molar-refractivity contribution in [2.45, 2.75) is 5.41 Å². The predicted molar refractivity (Wildman–Crippen MR) is 188 cm³/mol. The van der Waals surface area contributed by atoms with Gasteiger partial charge in [-0.25, -0.2) is 0 Å². The van der Waals surface area contributed by atoms with E-state index in [0.717, 1.165) is 0 Å². The van der Waals surface area contributed by atoms with Crippen molar-refractivity contribution >= 4 is 21.5 Å². The van der Waals surface area contributed by atoms with E-state index in [2.05, 4.69) is 158 Å². The summed E-state index contributed by atoms with van der Waals surface area (Å²) >= 11 is 0. The summed E-state index contributed by atoms with van der Waals surface area (Å²) in [5.41, 5.74) is 18.6. The maximum Gasteiger partial charge on any atom is 0.0725 e. The molecule has 0 aliphatic heterocycles. The van der Waals surface area contributed by atoms with Crippen LogP contribution < -0.4 is 0 Å². The molecule has 0 bridgehead atoms. The second-order valence-electron chi connectivity index (χ2n) is 12.7. The molecule has 206 valence electrons. The van der Waals surface area contributed by atoms with E-state index in [1.54, 1.807) is 0 Å². The Morgan fingerprint density at radius 2 is 0.778 bits per heavy atom. The lowest BCUT2D eigenvalue weighted by Gasteiger charge is -2.30. The van der Waals surface area contributed by atoms with E-state index < -0.39 is 0 Å². The normalized spacial score (nSPS) is 14.0. The summed E-state index contributed by atoms with van der Waals surface area (Å²) in [5.74, 6) is 0. The van der Waals surface area contributed by atoms with Crippen LogP contribution in [0.3, 0.4) is 0 Å². The summed E-state index contributed by atoms with van der Waals surface area (Å²) < 4.78 is 0. The third kappa shape index (κ3) is 2.71. The molecule has 0 nitrogen and oxygen atoms in total. The average molecular weight is 567 g/mol. The van der Waals surface area contributed by atoms with Gasteiger partial charge in [-0.2, -0.15) is 0 Å². The van der Waals surface area contributed by atoms with Crippen LogP contribution in [0.2, 0.25) is 0 Å². The molecule has 3 aliphatic carbocycles. The highest BCUT2D eigenvalue weighted by Crippen LogP contribution is 2.64.